The normalized spacial score (nSPS) is 10.9. The molecular formula is C14H17NO2S. The Morgan fingerprint density at radius 3 is 2.72 bits per heavy atom. The zero-order valence-corrected chi connectivity index (χ0v) is 11.6. The lowest BCUT2D eigenvalue weighted by atomic mass is 10.0. The predicted octanol–water partition coefficient (Wildman–Crippen LogP) is 3.43. The van der Waals surface area contributed by atoms with E-state index in [1.807, 2.05) is 6.07 Å². The summed E-state index contributed by atoms with van der Waals surface area (Å²) in [6.45, 7) is 4.35. The van der Waals surface area contributed by atoms with E-state index in [2.05, 4.69) is 31.0 Å². The first-order valence-electron chi connectivity index (χ1n) is 5.89. The molecule has 0 saturated carbocycles. The number of aliphatic hydroxyl groups excluding tert-OH is 1. The molecule has 0 aliphatic carbocycles. The van der Waals surface area contributed by atoms with E-state index < -0.39 is 0 Å². The van der Waals surface area contributed by atoms with Gasteiger partial charge in [-0.1, -0.05) is 19.9 Å². The zero-order chi connectivity index (χ0) is 13.1. The van der Waals surface area contributed by atoms with Crippen molar-refractivity contribution < 1.29 is 9.84 Å². The van der Waals surface area contributed by atoms with Crippen molar-refractivity contribution in [2.75, 3.05) is 7.11 Å². The third-order valence-corrected chi connectivity index (χ3v) is 3.85. The van der Waals surface area contributed by atoms with E-state index in [-0.39, 0.29) is 6.61 Å². The van der Waals surface area contributed by atoms with Crippen LogP contribution >= 0.6 is 11.3 Å². The maximum Gasteiger partial charge on any atom is 0.129 e. The molecule has 0 saturated heterocycles. The molecule has 0 aliphatic rings. The molecule has 0 unspecified atom stereocenters. The number of hydrogen-bond acceptors (Lipinski definition) is 4. The molecule has 1 heterocycles. The van der Waals surface area contributed by atoms with Gasteiger partial charge < -0.3 is 9.84 Å². The number of hydrogen-bond donors (Lipinski definition) is 1. The molecule has 18 heavy (non-hydrogen) atoms. The predicted molar refractivity (Wildman–Crippen MR) is 74.1 cm³/mol. The summed E-state index contributed by atoms with van der Waals surface area (Å²) in [5.41, 5.74) is 2.25. The van der Waals surface area contributed by atoms with Crippen LogP contribution in [0.4, 0.5) is 0 Å². The Kier molecular flexibility index (Phi) is 3.99. The van der Waals surface area contributed by atoms with Crippen molar-refractivity contribution in [3.63, 3.8) is 0 Å². The van der Waals surface area contributed by atoms with Gasteiger partial charge in [-0.2, -0.15) is 0 Å². The molecule has 0 bridgehead atoms. The molecule has 3 nitrogen and oxygen atoms in total. The largest absolute Gasteiger partial charge is 0.496 e. The number of rotatable bonds is 4. The van der Waals surface area contributed by atoms with E-state index in [9.17, 15) is 0 Å². The minimum atomic E-state index is 0.0316. The zero-order valence-electron chi connectivity index (χ0n) is 10.8. The smallest absolute Gasteiger partial charge is 0.129 e. The fraction of sp³-hybridized carbons (Fsp3) is 0.357. The second kappa shape index (κ2) is 5.50. The van der Waals surface area contributed by atoms with E-state index in [0.29, 0.717) is 5.92 Å². The lowest BCUT2D eigenvalue weighted by Gasteiger charge is -2.11. The van der Waals surface area contributed by atoms with Crippen LogP contribution in [0.2, 0.25) is 0 Å². The molecular weight excluding hydrogens is 246 g/mol. The van der Waals surface area contributed by atoms with Gasteiger partial charge in [-0.25, -0.2) is 4.98 Å². The summed E-state index contributed by atoms with van der Waals surface area (Å²) in [7, 11) is 1.66. The highest BCUT2D eigenvalue weighted by Crippen LogP contribution is 2.35. The van der Waals surface area contributed by atoms with E-state index in [1.54, 1.807) is 13.3 Å². The van der Waals surface area contributed by atoms with Crippen molar-refractivity contribution in [2.45, 2.75) is 26.4 Å². The van der Waals surface area contributed by atoms with Gasteiger partial charge in [0.1, 0.15) is 10.8 Å². The second-order valence-corrected chi connectivity index (χ2v) is 5.52. The molecule has 1 aromatic heterocycles. The van der Waals surface area contributed by atoms with Crippen molar-refractivity contribution in [3.05, 3.63) is 34.8 Å². The number of aliphatic hydroxyl groups is 1. The number of aromatic nitrogens is 1. The summed E-state index contributed by atoms with van der Waals surface area (Å²) in [4.78, 5) is 5.21. The Hall–Kier alpha value is -1.39. The number of thiazole rings is 1. The number of ether oxygens (including phenoxy) is 1. The summed E-state index contributed by atoms with van der Waals surface area (Å²) < 4.78 is 5.38. The van der Waals surface area contributed by atoms with Gasteiger partial charge in [0, 0.05) is 6.20 Å². The van der Waals surface area contributed by atoms with Crippen LogP contribution in [-0.2, 0) is 6.61 Å². The molecule has 0 aliphatic heterocycles. The highest BCUT2D eigenvalue weighted by Gasteiger charge is 2.12. The van der Waals surface area contributed by atoms with E-state index in [0.717, 1.165) is 21.2 Å². The van der Waals surface area contributed by atoms with Gasteiger partial charge in [0.05, 0.1) is 24.2 Å². The summed E-state index contributed by atoms with van der Waals surface area (Å²) >= 11 is 1.49. The lowest BCUT2D eigenvalue weighted by molar-refractivity contribution is 0.285. The first kappa shape index (κ1) is 13.1. The van der Waals surface area contributed by atoms with Crippen molar-refractivity contribution in [1.29, 1.82) is 0 Å². The van der Waals surface area contributed by atoms with Crippen LogP contribution < -0.4 is 4.74 Å². The Morgan fingerprint density at radius 2 is 2.17 bits per heavy atom. The maximum absolute atomic E-state index is 9.11. The second-order valence-electron chi connectivity index (χ2n) is 4.40. The lowest BCUT2D eigenvalue weighted by Crippen LogP contribution is -1.92. The first-order chi connectivity index (χ1) is 8.65. The molecule has 1 N–H and O–H groups in total. The summed E-state index contributed by atoms with van der Waals surface area (Å²) in [5.74, 6) is 1.28. The monoisotopic (exact) mass is 263 g/mol. The minimum Gasteiger partial charge on any atom is -0.496 e. The molecule has 0 atom stereocenters. The van der Waals surface area contributed by atoms with Gasteiger partial charge in [-0.15, -0.1) is 11.3 Å². The summed E-state index contributed by atoms with van der Waals surface area (Å²) in [6, 6.07) is 6.17. The van der Waals surface area contributed by atoms with Gasteiger partial charge in [0.15, 0.2) is 0 Å². The van der Waals surface area contributed by atoms with Crippen LogP contribution in [-0.4, -0.2) is 17.2 Å². The van der Waals surface area contributed by atoms with Crippen molar-refractivity contribution in [1.82, 2.24) is 4.98 Å². The van der Waals surface area contributed by atoms with Gasteiger partial charge in [-0.3, -0.25) is 0 Å². The molecule has 96 valence electrons. The van der Waals surface area contributed by atoms with Crippen LogP contribution in [0.25, 0.3) is 10.6 Å². The van der Waals surface area contributed by atoms with Crippen LogP contribution in [0.3, 0.4) is 0 Å². The summed E-state index contributed by atoms with van der Waals surface area (Å²) in [6.07, 6.45) is 1.71. The quantitative estimate of drug-likeness (QED) is 0.919. The highest BCUT2D eigenvalue weighted by molar-refractivity contribution is 7.15. The molecule has 2 aromatic rings. The van der Waals surface area contributed by atoms with Crippen molar-refractivity contribution >= 4 is 11.3 Å². The Labute approximate surface area is 111 Å². The Balaban J connectivity index is 2.49. The summed E-state index contributed by atoms with van der Waals surface area (Å²) in [5, 5.41) is 9.99. The molecule has 0 fully saturated rings. The fourth-order valence-electron chi connectivity index (χ4n) is 1.76. The topological polar surface area (TPSA) is 42.4 Å². The average Bonchev–Trinajstić information content (AvgIpc) is 2.86. The Bertz CT molecular complexity index is 534. The van der Waals surface area contributed by atoms with Gasteiger partial charge in [0.25, 0.3) is 0 Å². The third kappa shape index (κ3) is 2.54. The number of benzene rings is 1. The molecule has 4 heteroatoms. The third-order valence-electron chi connectivity index (χ3n) is 2.83. The number of methoxy groups -OCH3 is 1. The Morgan fingerprint density at radius 1 is 1.39 bits per heavy atom. The molecule has 0 radical (unpaired) electrons. The molecule has 0 amide bonds. The molecule has 0 spiro atoms. The standard InChI is InChI=1S/C14H17NO2S/c1-9(2)10-4-5-13(17-3)12(6-10)14-15-7-11(8-16)18-14/h4-7,9,16H,8H2,1-3H3. The first-order valence-corrected chi connectivity index (χ1v) is 6.71. The van der Waals surface area contributed by atoms with Crippen LogP contribution in [0.5, 0.6) is 5.75 Å². The molecule has 2 rings (SSSR count). The van der Waals surface area contributed by atoms with Gasteiger partial charge in [0.2, 0.25) is 0 Å². The van der Waals surface area contributed by atoms with Crippen LogP contribution in [0.15, 0.2) is 24.4 Å². The minimum absolute atomic E-state index is 0.0316. The van der Waals surface area contributed by atoms with E-state index in [1.165, 1.54) is 16.9 Å². The average molecular weight is 263 g/mol. The fourth-order valence-corrected chi connectivity index (χ4v) is 2.55. The van der Waals surface area contributed by atoms with Crippen LogP contribution in [0, 0.1) is 0 Å². The highest BCUT2D eigenvalue weighted by atomic mass is 32.1. The number of nitrogens with zero attached hydrogens (tertiary/aromatic N) is 1. The van der Waals surface area contributed by atoms with Gasteiger partial charge in [-0.05, 0) is 23.6 Å². The van der Waals surface area contributed by atoms with Gasteiger partial charge >= 0.3 is 0 Å². The van der Waals surface area contributed by atoms with E-state index >= 15 is 0 Å². The van der Waals surface area contributed by atoms with Crippen molar-refractivity contribution in [2.24, 2.45) is 0 Å². The van der Waals surface area contributed by atoms with Crippen molar-refractivity contribution in [3.8, 4) is 16.3 Å². The van der Waals surface area contributed by atoms with Crippen LogP contribution in [0.1, 0.15) is 30.2 Å². The SMILES string of the molecule is COc1ccc(C(C)C)cc1-c1ncc(CO)s1. The maximum atomic E-state index is 9.11. The van der Waals surface area contributed by atoms with E-state index in [4.69, 9.17) is 9.84 Å². The molecule has 1 aromatic carbocycles.